The normalized spacial score (nSPS) is 19.6. The largest absolute Gasteiger partial charge is 0.487 e. The van der Waals surface area contributed by atoms with Gasteiger partial charge in [-0.2, -0.15) is 0 Å². The van der Waals surface area contributed by atoms with Crippen LogP contribution in [0.5, 0.6) is 5.75 Å². The molecule has 1 fully saturated rings. The first-order valence-electron chi connectivity index (χ1n) is 11.3. The van der Waals surface area contributed by atoms with Crippen molar-refractivity contribution in [1.29, 1.82) is 0 Å². The molecule has 1 spiro atoms. The lowest BCUT2D eigenvalue weighted by Crippen LogP contribution is -2.52. The lowest BCUT2D eigenvalue weighted by Gasteiger charge is -2.47. The molecule has 2 aromatic rings. The Labute approximate surface area is 184 Å². The van der Waals surface area contributed by atoms with Crippen LogP contribution in [-0.2, 0) is 4.79 Å². The summed E-state index contributed by atoms with van der Waals surface area (Å²) in [4.78, 5) is 27.4. The van der Waals surface area contributed by atoms with Crippen LogP contribution in [0.2, 0.25) is 0 Å². The van der Waals surface area contributed by atoms with Crippen LogP contribution < -0.4 is 10.1 Å². The zero-order valence-electron chi connectivity index (χ0n) is 18.5. The average Bonchev–Trinajstić information content (AvgIpc) is 2.78. The van der Waals surface area contributed by atoms with Crippen LogP contribution in [0, 0.1) is 5.92 Å². The molecule has 4 rings (SSSR count). The third-order valence-electron chi connectivity index (χ3n) is 6.43. The van der Waals surface area contributed by atoms with Crippen LogP contribution in [0.15, 0.2) is 54.6 Å². The number of ether oxygens (including phenoxy) is 1. The highest BCUT2D eigenvalue weighted by molar-refractivity contribution is 5.94. The zero-order chi connectivity index (χ0) is 21.8. The molecule has 31 heavy (non-hydrogen) atoms. The lowest BCUT2D eigenvalue weighted by molar-refractivity contribution is -0.122. The van der Waals surface area contributed by atoms with Crippen molar-refractivity contribution in [2.75, 3.05) is 19.6 Å². The molecule has 5 heteroatoms. The summed E-state index contributed by atoms with van der Waals surface area (Å²) in [6.07, 6.45) is 2.85. The molecular formula is C26H32N2O3. The highest BCUT2D eigenvalue weighted by atomic mass is 16.5. The van der Waals surface area contributed by atoms with Gasteiger partial charge in [-0.05, 0) is 36.1 Å². The summed E-state index contributed by atoms with van der Waals surface area (Å²) in [5.41, 5.74) is 1.54. The van der Waals surface area contributed by atoms with E-state index in [1.54, 1.807) is 0 Å². The highest BCUT2D eigenvalue weighted by Crippen LogP contribution is 2.46. The second kappa shape index (κ2) is 9.13. The number of piperidine rings is 1. The summed E-state index contributed by atoms with van der Waals surface area (Å²) in [5.74, 6) is 1.63. The first-order chi connectivity index (χ1) is 15.0. The second-order valence-electron chi connectivity index (χ2n) is 9.28. The Morgan fingerprint density at radius 3 is 2.45 bits per heavy atom. The molecule has 5 nitrogen and oxygen atoms in total. The topological polar surface area (TPSA) is 58.6 Å². The smallest absolute Gasteiger partial charge is 0.253 e. The molecule has 2 amide bonds. The molecule has 2 aliphatic rings. The maximum absolute atomic E-state index is 12.8. The van der Waals surface area contributed by atoms with Gasteiger partial charge in [-0.25, -0.2) is 0 Å². The Bertz CT molecular complexity index is 917. The molecule has 1 atom stereocenters. The van der Waals surface area contributed by atoms with Gasteiger partial charge in [-0.3, -0.25) is 9.59 Å². The van der Waals surface area contributed by atoms with E-state index in [0.29, 0.717) is 32.0 Å². The van der Waals surface area contributed by atoms with Crippen LogP contribution >= 0.6 is 0 Å². The van der Waals surface area contributed by atoms with E-state index in [4.69, 9.17) is 4.74 Å². The van der Waals surface area contributed by atoms with E-state index in [9.17, 15) is 9.59 Å². The van der Waals surface area contributed by atoms with Crippen LogP contribution in [0.1, 0.15) is 61.4 Å². The fourth-order valence-corrected chi connectivity index (χ4v) is 4.73. The van der Waals surface area contributed by atoms with Crippen LogP contribution in [0.3, 0.4) is 0 Å². The third kappa shape index (κ3) is 4.92. The van der Waals surface area contributed by atoms with Gasteiger partial charge in [-0.1, -0.05) is 50.2 Å². The molecule has 2 heterocycles. The predicted octanol–water partition coefficient (Wildman–Crippen LogP) is 4.39. The number of fused-ring (bicyclic) bond motifs is 1. The average molecular weight is 421 g/mol. The maximum atomic E-state index is 12.8. The monoisotopic (exact) mass is 420 g/mol. The van der Waals surface area contributed by atoms with E-state index < -0.39 is 0 Å². The van der Waals surface area contributed by atoms with Gasteiger partial charge in [0.1, 0.15) is 11.4 Å². The molecule has 1 saturated heterocycles. The molecule has 0 unspecified atom stereocenters. The van der Waals surface area contributed by atoms with Crippen molar-refractivity contribution >= 4 is 11.8 Å². The van der Waals surface area contributed by atoms with Crippen molar-refractivity contribution in [3.8, 4) is 5.75 Å². The Balaban J connectivity index is 1.46. The van der Waals surface area contributed by atoms with Crippen molar-refractivity contribution in [3.05, 3.63) is 65.7 Å². The number of carbonyl (C=O) groups excluding carboxylic acids is 2. The van der Waals surface area contributed by atoms with E-state index in [0.717, 1.165) is 36.1 Å². The van der Waals surface area contributed by atoms with Gasteiger partial charge in [0.2, 0.25) is 5.91 Å². The Morgan fingerprint density at radius 1 is 1.06 bits per heavy atom. The quantitative estimate of drug-likeness (QED) is 0.780. The van der Waals surface area contributed by atoms with E-state index in [2.05, 4.69) is 25.2 Å². The number of likely N-dealkylation sites (tertiary alicyclic amines) is 1. The number of hydrogen-bond donors (Lipinski definition) is 1. The summed E-state index contributed by atoms with van der Waals surface area (Å²) < 4.78 is 6.53. The Morgan fingerprint density at radius 2 is 1.74 bits per heavy atom. The van der Waals surface area contributed by atoms with E-state index in [-0.39, 0.29) is 23.3 Å². The molecule has 0 radical (unpaired) electrons. The first kappa shape index (κ1) is 21.4. The molecule has 1 N–H and O–H groups in total. The standard InChI is InChI=1S/C26H32N2O3/c1-19(2)18-27-24(29)16-21-17-26(31-23-11-7-6-10-22(21)23)12-14-28(15-13-26)25(30)20-8-4-3-5-9-20/h3-11,19,21H,12-18H2,1-2H3,(H,27,29)/t21-/m0/s1. The summed E-state index contributed by atoms with van der Waals surface area (Å²) >= 11 is 0. The van der Waals surface area contributed by atoms with Crippen molar-refractivity contribution in [1.82, 2.24) is 10.2 Å². The van der Waals surface area contributed by atoms with Gasteiger partial charge in [0, 0.05) is 50.4 Å². The number of hydrogen-bond acceptors (Lipinski definition) is 3. The fraction of sp³-hybridized carbons (Fsp3) is 0.462. The van der Waals surface area contributed by atoms with E-state index >= 15 is 0 Å². The van der Waals surface area contributed by atoms with Gasteiger partial charge >= 0.3 is 0 Å². The van der Waals surface area contributed by atoms with E-state index in [1.165, 1.54) is 0 Å². The van der Waals surface area contributed by atoms with Gasteiger partial charge < -0.3 is 15.0 Å². The summed E-state index contributed by atoms with van der Waals surface area (Å²) in [6, 6.07) is 17.5. The number of nitrogens with zero attached hydrogens (tertiary/aromatic N) is 1. The predicted molar refractivity (Wildman–Crippen MR) is 121 cm³/mol. The van der Waals surface area contributed by atoms with E-state index in [1.807, 2.05) is 53.4 Å². The maximum Gasteiger partial charge on any atom is 0.253 e. The minimum Gasteiger partial charge on any atom is -0.487 e. The lowest BCUT2D eigenvalue weighted by atomic mass is 9.76. The molecule has 0 aliphatic carbocycles. The molecular weight excluding hydrogens is 388 g/mol. The van der Waals surface area contributed by atoms with Gasteiger partial charge in [0.05, 0.1) is 0 Å². The fourth-order valence-electron chi connectivity index (χ4n) is 4.73. The van der Waals surface area contributed by atoms with Gasteiger partial charge in [-0.15, -0.1) is 0 Å². The third-order valence-corrected chi connectivity index (χ3v) is 6.43. The molecule has 2 aliphatic heterocycles. The number of para-hydroxylation sites is 1. The SMILES string of the molecule is CC(C)CNC(=O)C[C@H]1CC2(CCN(C(=O)c3ccccc3)CC2)Oc2ccccc21. The number of carbonyl (C=O) groups is 2. The van der Waals surface area contributed by atoms with Gasteiger partial charge in [0.15, 0.2) is 0 Å². The van der Waals surface area contributed by atoms with Crippen molar-refractivity contribution < 1.29 is 14.3 Å². The van der Waals surface area contributed by atoms with Crippen molar-refractivity contribution in [2.24, 2.45) is 5.92 Å². The second-order valence-corrected chi connectivity index (χ2v) is 9.28. The molecule has 0 aromatic heterocycles. The van der Waals surface area contributed by atoms with Crippen LogP contribution in [0.4, 0.5) is 0 Å². The van der Waals surface area contributed by atoms with Crippen molar-refractivity contribution in [2.45, 2.75) is 51.0 Å². The number of nitrogens with one attached hydrogen (secondary N) is 1. The summed E-state index contributed by atoms with van der Waals surface area (Å²) in [5, 5.41) is 3.06. The Hall–Kier alpha value is -2.82. The molecule has 164 valence electrons. The highest BCUT2D eigenvalue weighted by Gasteiger charge is 2.44. The Kier molecular flexibility index (Phi) is 6.30. The number of benzene rings is 2. The summed E-state index contributed by atoms with van der Waals surface area (Å²) in [6.45, 7) is 6.24. The first-order valence-corrected chi connectivity index (χ1v) is 11.3. The van der Waals surface area contributed by atoms with Gasteiger partial charge in [0.25, 0.3) is 5.91 Å². The van der Waals surface area contributed by atoms with Crippen LogP contribution in [0.25, 0.3) is 0 Å². The molecule has 0 saturated carbocycles. The number of rotatable bonds is 5. The summed E-state index contributed by atoms with van der Waals surface area (Å²) in [7, 11) is 0. The zero-order valence-corrected chi connectivity index (χ0v) is 18.5. The number of amides is 2. The molecule has 0 bridgehead atoms. The molecule has 2 aromatic carbocycles. The van der Waals surface area contributed by atoms with Crippen molar-refractivity contribution in [3.63, 3.8) is 0 Å². The minimum atomic E-state index is -0.315. The minimum absolute atomic E-state index is 0.0799. The van der Waals surface area contributed by atoms with Crippen LogP contribution in [-0.4, -0.2) is 41.9 Å².